The van der Waals surface area contributed by atoms with Crippen molar-refractivity contribution >= 4 is 41.1 Å². The van der Waals surface area contributed by atoms with Crippen molar-refractivity contribution in [3.05, 3.63) is 45.9 Å². The van der Waals surface area contributed by atoms with Gasteiger partial charge in [-0.1, -0.05) is 44.9 Å². The first kappa shape index (κ1) is 20.3. The van der Waals surface area contributed by atoms with E-state index in [9.17, 15) is 14.7 Å². The van der Waals surface area contributed by atoms with Gasteiger partial charge < -0.3 is 10.4 Å². The Hall–Kier alpha value is -2.47. The van der Waals surface area contributed by atoms with E-state index in [1.807, 2.05) is 36.4 Å². The van der Waals surface area contributed by atoms with Gasteiger partial charge in [-0.25, -0.2) is 4.98 Å². The number of carbonyl (C=O) groups excluding carboxylic acids is 1. The van der Waals surface area contributed by atoms with Crippen molar-refractivity contribution in [1.29, 1.82) is 0 Å². The van der Waals surface area contributed by atoms with Gasteiger partial charge >= 0.3 is 5.97 Å². The van der Waals surface area contributed by atoms with E-state index in [0.29, 0.717) is 24.4 Å². The summed E-state index contributed by atoms with van der Waals surface area (Å²) in [4.78, 5) is 28.7. The Morgan fingerprint density at radius 1 is 1.21 bits per heavy atom. The minimum absolute atomic E-state index is 0.199. The summed E-state index contributed by atoms with van der Waals surface area (Å²) in [6.07, 6.45) is 6.92. The fourth-order valence-electron chi connectivity index (χ4n) is 3.51. The van der Waals surface area contributed by atoms with Gasteiger partial charge in [-0.15, -0.1) is 11.3 Å². The molecule has 2 aromatic rings. The van der Waals surface area contributed by atoms with Crippen LogP contribution in [0.4, 0.5) is 5.69 Å². The van der Waals surface area contributed by atoms with E-state index in [1.54, 1.807) is 11.3 Å². The van der Waals surface area contributed by atoms with Crippen LogP contribution in [0.1, 0.15) is 61.7 Å². The molecule has 1 fully saturated rings. The lowest BCUT2D eigenvalue weighted by molar-refractivity contribution is -0.147. The largest absolute Gasteiger partial charge is 0.481 e. The standard InChI is InChI=1S/C22H26N2O3S/c1-14(2)19-13-28-20(24-19)11-10-15-6-5-7-16(12-15)23-21(25)17-8-3-4-9-18(17)22(26)27/h5-7,10-14,17-18H,3-4,8-9H2,1-2H3,(H,23,25)(H,26,27)/t17-,18-/m1/s1. The SMILES string of the molecule is CC(C)c1csc(C=Cc2cccc(NC(=O)[C@@H]3CCCC[C@H]3C(=O)O)c2)n1. The maximum Gasteiger partial charge on any atom is 0.307 e. The van der Waals surface area contributed by atoms with Crippen LogP contribution in [0.15, 0.2) is 29.6 Å². The van der Waals surface area contributed by atoms with Crippen molar-refractivity contribution < 1.29 is 14.7 Å². The number of benzene rings is 1. The third-order valence-corrected chi connectivity index (χ3v) is 5.95. The predicted octanol–water partition coefficient (Wildman–Crippen LogP) is 5.27. The van der Waals surface area contributed by atoms with Crippen molar-refractivity contribution in [1.82, 2.24) is 4.98 Å². The van der Waals surface area contributed by atoms with Crippen molar-refractivity contribution in [3.63, 3.8) is 0 Å². The van der Waals surface area contributed by atoms with E-state index in [-0.39, 0.29) is 5.91 Å². The number of carboxylic acid groups (broad SMARTS) is 1. The lowest BCUT2D eigenvalue weighted by Gasteiger charge is -2.27. The highest BCUT2D eigenvalue weighted by molar-refractivity contribution is 7.10. The van der Waals surface area contributed by atoms with Gasteiger partial charge in [0.15, 0.2) is 0 Å². The Bertz CT molecular complexity index is 872. The smallest absolute Gasteiger partial charge is 0.307 e. The summed E-state index contributed by atoms with van der Waals surface area (Å²) < 4.78 is 0. The molecule has 0 saturated heterocycles. The summed E-state index contributed by atoms with van der Waals surface area (Å²) in [6, 6.07) is 7.56. The summed E-state index contributed by atoms with van der Waals surface area (Å²) in [6.45, 7) is 4.24. The average Bonchev–Trinajstić information content (AvgIpc) is 3.16. The van der Waals surface area contributed by atoms with E-state index in [1.165, 1.54) is 0 Å². The number of nitrogens with zero attached hydrogens (tertiary/aromatic N) is 1. The third kappa shape index (κ3) is 5.07. The average molecular weight is 399 g/mol. The molecule has 148 valence electrons. The fraction of sp³-hybridized carbons (Fsp3) is 0.409. The molecular weight excluding hydrogens is 372 g/mol. The Labute approximate surface area is 169 Å². The molecule has 1 aromatic carbocycles. The lowest BCUT2D eigenvalue weighted by atomic mass is 9.78. The zero-order valence-electron chi connectivity index (χ0n) is 16.2. The molecule has 1 aliphatic rings. The number of rotatable bonds is 6. The Morgan fingerprint density at radius 3 is 2.64 bits per heavy atom. The second kappa shape index (κ2) is 9.15. The first-order chi connectivity index (χ1) is 13.4. The number of carboxylic acids is 1. The van der Waals surface area contributed by atoms with Gasteiger partial charge in [-0.2, -0.15) is 0 Å². The van der Waals surface area contributed by atoms with Crippen molar-refractivity contribution in [2.24, 2.45) is 11.8 Å². The van der Waals surface area contributed by atoms with Gasteiger partial charge in [-0.05, 0) is 42.5 Å². The molecule has 0 aliphatic heterocycles. The summed E-state index contributed by atoms with van der Waals surface area (Å²) in [7, 11) is 0. The predicted molar refractivity (Wildman–Crippen MR) is 113 cm³/mol. The van der Waals surface area contributed by atoms with E-state index < -0.39 is 17.8 Å². The molecular formula is C22H26N2O3S. The summed E-state index contributed by atoms with van der Waals surface area (Å²) >= 11 is 1.61. The van der Waals surface area contributed by atoms with E-state index in [2.05, 4.69) is 29.5 Å². The highest BCUT2D eigenvalue weighted by atomic mass is 32.1. The molecule has 1 saturated carbocycles. The second-order valence-electron chi connectivity index (χ2n) is 7.55. The molecule has 3 rings (SSSR count). The molecule has 28 heavy (non-hydrogen) atoms. The number of thiazole rings is 1. The zero-order chi connectivity index (χ0) is 20.1. The monoisotopic (exact) mass is 398 g/mol. The molecule has 5 nitrogen and oxygen atoms in total. The Morgan fingerprint density at radius 2 is 1.96 bits per heavy atom. The number of hydrogen-bond donors (Lipinski definition) is 2. The van der Waals surface area contributed by atoms with Crippen LogP contribution in [0.2, 0.25) is 0 Å². The first-order valence-corrected chi connectivity index (χ1v) is 10.6. The van der Waals surface area contributed by atoms with Crippen LogP contribution in [-0.4, -0.2) is 22.0 Å². The summed E-state index contributed by atoms with van der Waals surface area (Å²) in [5.41, 5.74) is 2.73. The number of hydrogen-bond acceptors (Lipinski definition) is 4. The zero-order valence-corrected chi connectivity index (χ0v) is 17.0. The molecule has 1 aliphatic carbocycles. The lowest BCUT2D eigenvalue weighted by Crippen LogP contribution is -2.36. The first-order valence-electron chi connectivity index (χ1n) is 9.71. The van der Waals surface area contributed by atoms with Crippen LogP contribution < -0.4 is 5.32 Å². The van der Waals surface area contributed by atoms with Crippen molar-refractivity contribution in [3.8, 4) is 0 Å². The highest BCUT2D eigenvalue weighted by Crippen LogP contribution is 2.31. The maximum atomic E-state index is 12.6. The molecule has 2 atom stereocenters. The van der Waals surface area contributed by atoms with Gasteiger partial charge in [0.1, 0.15) is 5.01 Å². The Kier molecular flexibility index (Phi) is 6.62. The number of nitrogens with one attached hydrogen (secondary N) is 1. The van der Waals surface area contributed by atoms with E-state index >= 15 is 0 Å². The van der Waals surface area contributed by atoms with E-state index in [4.69, 9.17) is 0 Å². The molecule has 1 aromatic heterocycles. The highest BCUT2D eigenvalue weighted by Gasteiger charge is 2.35. The number of aromatic nitrogens is 1. The second-order valence-corrected chi connectivity index (χ2v) is 8.44. The normalized spacial score (nSPS) is 19.8. The van der Waals surface area contributed by atoms with Gasteiger partial charge in [0.05, 0.1) is 17.5 Å². The van der Waals surface area contributed by atoms with Gasteiger partial charge in [0.25, 0.3) is 0 Å². The van der Waals surface area contributed by atoms with Crippen LogP contribution >= 0.6 is 11.3 Å². The number of amides is 1. The van der Waals surface area contributed by atoms with Gasteiger partial charge in [-0.3, -0.25) is 9.59 Å². The minimum atomic E-state index is -0.874. The fourth-order valence-corrected chi connectivity index (χ4v) is 4.38. The van der Waals surface area contributed by atoms with Crippen molar-refractivity contribution in [2.75, 3.05) is 5.32 Å². The van der Waals surface area contributed by atoms with Crippen molar-refractivity contribution in [2.45, 2.75) is 45.4 Å². The molecule has 0 bridgehead atoms. The quantitative estimate of drug-likeness (QED) is 0.695. The van der Waals surface area contributed by atoms with Gasteiger partial charge in [0.2, 0.25) is 5.91 Å². The van der Waals surface area contributed by atoms with Gasteiger partial charge in [0, 0.05) is 11.1 Å². The molecule has 0 unspecified atom stereocenters. The number of aliphatic carboxylic acids is 1. The van der Waals surface area contributed by atoms with Crippen LogP contribution in [0.5, 0.6) is 0 Å². The van der Waals surface area contributed by atoms with Crippen LogP contribution in [0.25, 0.3) is 12.2 Å². The molecule has 6 heteroatoms. The summed E-state index contributed by atoms with van der Waals surface area (Å²) in [5, 5.41) is 15.3. The minimum Gasteiger partial charge on any atom is -0.481 e. The molecule has 1 amide bonds. The maximum absolute atomic E-state index is 12.6. The van der Waals surface area contributed by atoms with Crippen LogP contribution in [0.3, 0.4) is 0 Å². The third-order valence-electron chi connectivity index (χ3n) is 5.12. The van der Waals surface area contributed by atoms with E-state index in [0.717, 1.165) is 29.1 Å². The summed E-state index contributed by atoms with van der Waals surface area (Å²) in [5.74, 6) is -1.71. The van der Waals surface area contributed by atoms with Crippen LogP contribution in [-0.2, 0) is 9.59 Å². The number of carbonyl (C=O) groups is 2. The number of anilines is 1. The molecule has 2 N–H and O–H groups in total. The topological polar surface area (TPSA) is 79.3 Å². The molecule has 1 heterocycles. The molecule has 0 radical (unpaired) electrons. The molecule has 0 spiro atoms. The van der Waals surface area contributed by atoms with Crippen LogP contribution in [0, 0.1) is 11.8 Å². The Balaban J connectivity index is 1.67.